The summed E-state index contributed by atoms with van der Waals surface area (Å²) in [5.74, 6) is -0.953. The van der Waals surface area contributed by atoms with Gasteiger partial charge in [0.1, 0.15) is 4.88 Å². The lowest BCUT2D eigenvalue weighted by Gasteiger charge is -2.15. The average molecular weight is 353 g/mol. The zero-order valence-electron chi connectivity index (χ0n) is 13.0. The minimum absolute atomic E-state index is 0.366. The molecule has 2 aromatic rings. The Kier molecular flexibility index (Phi) is 5.63. The summed E-state index contributed by atoms with van der Waals surface area (Å²) >= 11 is 6.89. The summed E-state index contributed by atoms with van der Waals surface area (Å²) in [6.07, 6.45) is -0.906. The van der Waals surface area contributed by atoms with Crippen LogP contribution in [0.5, 0.6) is 0 Å². The molecule has 0 spiro atoms. The number of carbonyl (C=O) groups excluding carboxylic acids is 2. The van der Waals surface area contributed by atoms with E-state index in [2.05, 4.69) is 5.32 Å². The number of carbonyl (C=O) groups is 2. The largest absolute Gasteiger partial charge is 0.448 e. The Bertz CT molecular complexity index is 698. The number of benzene rings is 1. The Balaban J connectivity index is 1.93. The van der Waals surface area contributed by atoms with Gasteiger partial charge in [0.25, 0.3) is 5.91 Å². The maximum Gasteiger partial charge on any atom is 0.349 e. The number of halogens is 1. The Morgan fingerprint density at radius 2 is 1.83 bits per heavy atom. The number of nitrogens with one attached hydrogen (secondary N) is 1. The Hall–Kier alpha value is -2.05. The van der Waals surface area contributed by atoms with E-state index in [9.17, 15) is 9.59 Å². The van der Waals surface area contributed by atoms with E-state index in [1.54, 1.807) is 24.3 Å². The summed E-state index contributed by atoms with van der Waals surface area (Å²) in [5, 5.41) is 2.71. The highest BCUT2D eigenvalue weighted by molar-refractivity contribution is 7.17. The molecule has 1 aromatic heterocycles. The Morgan fingerprint density at radius 1 is 1.17 bits per heavy atom. The molecule has 0 fully saturated rings. The predicted molar refractivity (Wildman–Crippen MR) is 93.6 cm³/mol. The first kappa shape index (κ1) is 17.3. The number of ether oxygens (including phenoxy) is 1. The number of rotatable bonds is 5. The van der Waals surface area contributed by atoms with Crippen LogP contribution in [-0.4, -0.2) is 32.1 Å². The van der Waals surface area contributed by atoms with E-state index in [1.165, 1.54) is 6.92 Å². The van der Waals surface area contributed by atoms with E-state index >= 15 is 0 Å². The summed E-state index contributed by atoms with van der Waals surface area (Å²) in [6, 6.07) is 10.5. The van der Waals surface area contributed by atoms with E-state index in [0.717, 1.165) is 17.0 Å². The van der Waals surface area contributed by atoms with E-state index in [0.29, 0.717) is 14.9 Å². The zero-order valence-corrected chi connectivity index (χ0v) is 14.6. The molecule has 1 unspecified atom stereocenters. The second-order valence-corrected chi connectivity index (χ2v) is 6.80. The molecule has 1 amide bonds. The lowest BCUT2D eigenvalue weighted by atomic mass is 10.2. The van der Waals surface area contributed by atoms with Crippen LogP contribution >= 0.6 is 22.9 Å². The van der Waals surface area contributed by atoms with Gasteiger partial charge in [0.2, 0.25) is 0 Å². The number of thiophene rings is 1. The standard InChI is InChI=1S/C16H17ClN2O3S/c1-10(22-16(21)13-8-9-14(17)23-13)15(20)18-11-4-6-12(7-5-11)19(2)3/h4-10H,1-3H3,(H,18,20). The first-order valence-electron chi connectivity index (χ1n) is 6.91. The van der Waals surface area contributed by atoms with Crippen LogP contribution < -0.4 is 10.2 Å². The van der Waals surface area contributed by atoms with E-state index in [-0.39, 0.29) is 0 Å². The lowest BCUT2D eigenvalue weighted by molar-refractivity contribution is -0.123. The molecule has 0 aliphatic heterocycles. The van der Waals surface area contributed by atoms with Crippen molar-refractivity contribution in [3.05, 3.63) is 45.6 Å². The van der Waals surface area contributed by atoms with Crippen LogP contribution in [0, 0.1) is 0 Å². The number of hydrogen-bond donors (Lipinski definition) is 1. The quantitative estimate of drug-likeness (QED) is 0.834. The summed E-state index contributed by atoms with van der Waals surface area (Å²) in [4.78, 5) is 26.3. The van der Waals surface area contributed by atoms with Crippen LogP contribution in [0.25, 0.3) is 0 Å². The first-order valence-corrected chi connectivity index (χ1v) is 8.11. The summed E-state index contributed by atoms with van der Waals surface area (Å²) in [6.45, 7) is 1.52. The fourth-order valence-corrected chi connectivity index (χ4v) is 2.71. The molecule has 23 heavy (non-hydrogen) atoms. The number of esters is 1. The second kappa shape index (κ2) is 7.48. The summed E-state index contributed by atoms with van der Waals surface area (Å²) in [7, 11) is 3.87. The van der Waals surface area contributed by atoms with Gasteiger partial charge in [0, 0.05) is 25.5 Å². The first-order chi connectivity index (χ1) is 10.9. The molecule has 0 bridgehead atoms. The molecule has 0 aliphatic rings. The molecule has 2 rings (SSSR count). The summed E-state index contributed by atoms with van der Waals surface area (Å²) in [5.41, 5.74) is 1.67. The normalized spacial score (nSPS) is 11.7. The molecule has 1 N–H and O–H groups in total. The highest BCUT2D eigenvalue weighted by Crippen LogP contribution is 2.22. The fourth-order valence-electron chi connectivity index (χ4n) is 1.78. The average Bonchev–Trinajstić information content (AvgIpc) is 2.94. The van der Waals surface area contributed by atoms with Gasteiger partial charge in [-0.3, -0.25) is 4.79 Å². The van der Waals surface area contributed by atoms with Crippen molar-refractivity contribution in [3.63, 3.8) is 0 Å². The molecule has 0 saturated carbocycles. The number of anilines is 2. The molecule has 0 aliphatic carbocycles. The van der Waals surface area contributed by atoms with Crippen LogP contribution in [0.3, 0.4) is 0 Å². The molecule has 1 aromatic carbocycles. The van der Waals surface area contributed by atoms with Crippen molar-refractivity contribution in [2.45, 2.75) is 13.0 Å². The molecular formula is C16H17ClN2O3S. The SMILES string of the molecule is CC(OC(=O)c1ccc(Cl)s1)C(=O)Nc1ccc(N(C)C)cc1. The zero-order chi connectivity index (χ0) is 17.0. The maximum atomic E-state index is 12.1. The Labute approximate surface area is 143 Å². The van der Waals surface area contributed by atoms with Gasteiger partial charge in [-0.25, -0.2) is 4.79 Å². The predicted octanol–water partition coefficient (Wildman–Crippen LogP) is 3.65. The summed E-state index contributed by atoms with van der Waals surface area (Å²) < 4.78 is 5.63. The molecule has 7 heteroatoms. The molecular weight excluding hydrogens is 336 g/mol. The number of hydrogen-bond acceptors (Lipinski definition) is 5. The highest BCUT2D eigenvalue weighted by Gasteiger charge is 2.20. The minimum atomic E-state index is -0.906. The van der Waals surface area contributed by atoms with Gasteiger partial charge in [-0.05, 0) is 43.3 Å². The smallest absolute Gasteiger partial charge is 0.349 e. The monoisotopic (exact) mass is 352 g/mol. The van der Waals surface area contributed by atoms with Crippen molar-refractivity contribution in [1.29, 1.82) is 0 Å². The van der Waals surface area contributed by atoms with E-state index < -0.39 is 18.0 Å². The van der Waals surface area contributed by atoms with Gasteiger partial charge in [-0.15, -0.1) is 11.3 Å². The maximum absolute atomic E-state index is 12.1. The Morgan fingerprint density at radius 3 is 2.35 bits per heavy atom. The second-order valence-electron chi connectivity index (χ2n) is 5.08. The van der Waals surface area contributed by atoms with E-state index in [4.69, 9.17) is 16.3 Å². The minimum Gasteiger partial charge on any atom is -0.448 e. The van der Waals surface area contributed by atoms with Gasteiger partial charge < -0.3 is 15.0 Å². The van der Waals surface area contributed by atoms with Crippen molar-refractivity contribution >= 4 is 46.2 Å². The van der Waals surface area contributed by atoms with Crippen molar-refractivity contribution in [2.75, 3.05) is 24.3 Å². The van der Waals surface area contributed by atoms with Gasteiger partial charge in [-0.1, -0.05) is 11.6 Å². The number of nitrogens with zero attached hydrogens (tertiary/aromatic N) is 1. The van der Waals surface area contributed by atoms with Crippen LogP contribution in [0.15, 0.2) is 36.4 Å². The van der Waals surface area contributed by atoms with Crippen molar-refractivity contribution < 1.29 is 14.3 Å². The molecule has 5 nitrogen and oxygen atoms in total. The third-order valence-electron chi connectivity index (χ3n) is 3.08. The number of amides is 1. The van der Waals surface area contributed by atoms with E-state index in [1.807, 2.05) is 31.1 Å². The highest BCUT2D eigenvalue weighted by atomic mass is 35.5. The van der Waals surface area contributed by atoms with Crippen LogP contribution in [0.2, 0.25) is 4.34 Å². The van der Waals surface area contributed by atoms with Crippen LogP contribution in [0.1, 0.15) is 16.6 Å². The van der Waals surface area contributed by atoms with Crippen molar-refractivity contribution in [3.8, 4) is 0 Å². The third kappa shape index (κ3) is 4.71. The topological polar surface area (TPSA) is 58.6 Å². The van der Waals surface area contributed by atoms with Crippen LogP contribution in [-0.2, 0) is 9.53 Å². The molecule has 1 heterocycles. The molecule has 0 radical (unpaired) electrons. The lowest BCUT2D eigenvalue weighted by Crippen LogP contribution is -2.29. The third-order valence-corrected chi connectivity index (χ3v) is 4.29. The van der Waals surface area contributed by atoms with Gasteiger partial charge in [-0.2, -0.15) is 0 Å². The van der Waals surface area contributed by atoms with Crippen molar-refractivity contribution in [1.82, 2.24) is 0 Å². The van der Waals surface area contributed by atoms with Crippen LogP contribution in [0.4, 0.5) is 11.4 Å². The fraction of sp³-hybridized carbons (Fsp3) is 0.250. The molecule has 1 atom stereocenters. The molecule has 122 valence electrons. The van der Waals surface area contributed by atoms with Crippen molar-refractivity contribution in [2.24, 2.45) is 0 Å². The molecule has 0 saturated heterocycles. The van der Waals surface area contributed by atoms with Gasteiger partial charge in [0.05, 0.1) is 4.34 Å². The van der Waals surface area contributed by atoms with Gasteiger partial charge in [0.15, 0.2) is 6.10 Å². The van der Waals surface area contributed by atoms with Gasteiger partial charge >= 0.3 is 5.97 Å².